The van der Waals surface area contributed by atoms with Gasteiger partial charge in [-0.3, -0.25) is 20.2 Å². The first-order valence-corrected chi connectivity index (χ1v) is 12.5. The van der Waals surface area contributed by atoms with Crippen LogP contribution in [0.4, 0.5) is 26.4 Å². The molecule has 2 heterocycles. The first-order valence-electron chi connectivity index (χ1n) is 12.5. The fourth-order valence-corrected chi connectivity index (χ4v) is 3.71. The molecule has 0 aliphatic heterocycles. The molecule has 210 valence electrons. The van der Waals surface area contributed by atoms with E-state index < -0.39 is 11.8 Å². The van der Waals surface area contributed by atoms with Crippen molar-refractivity contribution in [3.8, 4) is 17.2 Å². The fourth-order valence-electron chi connectivity index (χ4n) is 3.71. The van der Waals surface area contributed by atoms with E-state index in [1.165, 1.54) is 19.1 Å². The normalized spacial score (nSPS) is 11.2. The average molecular weight is 551 g/mol. The molecule has 12 heteroatoms. The maximum Gasteiger partial charge on any atom is 0.324 e. The highest BCUT2D eigenvalue weighted by molar-refractivity contribution is 5.99. The van der Waals surface area contributed by atoms with Crippen molar-refractivity contribution < 1.29 is 28.2 Å². The lowest BCUT2D eigenvalue weighted by atomic mass is 9.92. The number of ether oxygens (including phenoxy) is 3. The summed E-state index contributed by atoms with van der Waals surface area (Å²) in [5.74, 6) is 0.414. The van der Waals surface area contributed by atoms with Crippen LogP contribution in [0.2, 0.25) is 0 Å². The number of aromatic amines is 1. The van der Waals surface area contributed by atoms with E-state index in [0.29, 0.717) is 40.5 Å². The molecule has 0 unspecified atom stereocenters. The predicted octanol–water partition coefficient (Wildman–Crippen LogP) is 5.81. The molecule has 0 fully saturated rings. The number of aromatic nitrogens is 3. The first-order chi connectivity index (χ1) is 19.0. The molecule has 0 spiro atoms. The molecule has 4 aromatic rings. The number of nitrogens with one attached hydrogen (secondary N) is 4. The van der Waals surface area contributed by atoms with Crippen LogP contribution in [0.25, 0.3) is 10.9 Å². The van der Waals surface area contributed by atoms with E-state index in [-0.39, 0.29) is 29.4 Å². The third kappa shape index (κ3) is 7.03. The van der Waals surface area contributed by atoms with E-state index in [0.717, 1.165) is 11.8 Å². The highest BCUT2D eigenvalue weighted by Crippen LogP contribution is 2.36. The summed E-state index contributed by atoms with van der Waals surface area (Å²) in [6.07, 6.45) is 1.55. The summed E-state index contributed by atoms with van der Waals surface area (Å²) < 4.78 is 31.6. The number of H-pyrrole nitrogens is 1. The summed E-state index contributed by atoms with van der Waals surface area (Å²) in [6.45, 7) is 8.03. The highest BCUT2D eigenvalue weighted by Gasteiger charge is 2.19. The standard InChI is InChI=1S/C28H31FN6O5/c1-16(36)31-22-13-18-21(14-24(22)39-11-10-38-5)30-9-8-23(18)40-17-6-7-20(19(29)12-17)32-27(37)33-26-15-25(34-35-26)28(2,3)4/h6-9,12-15H,10-11H2,1-5H3,(H,31,36)(H3,32,33,34,35,37). The van der Waals surface area contributed by atoms with Crippen LogP contribution < -0.4 is 25.4 Å². The smallest absolute Gasteiger partial charge is 0.324 e. The predicted molar refractivity (Wildman–Crippen MR) is 150 cm³/mol. The number of fused-ring (bicyclic) bond motifs is 1. The number of anilines is 3. The van der Waals surface area contributed by atoms with Gasteiger partial charge in [0, 0.05) is 49.2 Å². The van der Waals surface area contributed by atoms with Crippen molar-refractivity contribution in [2.24, 2.45) is 0 Å². The maximum atomic E-state index is 14.9. The number of nitrogens with zero attached hydrogens (tertiary/aromatic N) is 2. The Kier molecular flexibility index (Phi) is 8.49. The Morgan fingerprint density at radius 2 is 1.77 bits per heavy atom. The van der Waals surface area contributed by atoms with E-state index in [2.05, 4.69) is 31.1 Å². The van der Waals surface area contributed by atoms with E-state index in [9.17, 15) is 14.0 Å². The molecule has 0 radical (unpaired) electrons. The Bertz CT molecular complexity index is 1530. The van der Waals surface area contributed by atoms with Crippen molar-refractivity contribution in [1.29, 1.82) is 0 Å². The molecule has 4 rings (SSSR count). The van der Waals surface area contributed by atoms with Crippen molar-refractivity contribution in [2.45, 2.75) is 33.1 Å². The molecule has 3 amide bonds. The lowest BCUT2D eigenvalue weighted by molar-refractivity contribution is -0.114. The van der Waals surface area contributed by atoms with Gasteiger partial charge < -0.3 is 24.8 Å². The molecule has 0 atom stereocenters. The van der Waals surface area contributed by atoms with Gasteiger partial charge in [0.15, 0.2) is 0 Å². The lowest BCUT2D eigenvalue weighted by Crippen LogP contribution is -2.20. The number of carbonyl (C=O) groups is 2. The zero-order valence-electron chi connectivity index (χ0n) is 22.8. The molecule has 0 aliphatic rings. The van der Waals surface area contributed by atoms with E-state index in [4.69, 9.17) is 14.2 Å². The number of pyridine rings is 1. The second-order valence-corrected chi connectivity index (χ2v) is 9.94. The molecule has 11 nitrogen and oxygen atoms in total. The third-order valence-electron chi connectivity index (χ3n) is 5.67. The molecule has 0 aliphatic carbocycles. The minimum Gasteiger partial charge on any atom is -0.489 e. The highest BCUT2D eigenvalue weighted by atomic mass is 19.1. The van der Waals surface area contributed by atoms with E-state index >= 15 is 0 Å². The quantitative estimate of drug-likeness (QED) is 0.193. The van der Waals surface area contributed by atoms with Gasteiger partial charge in [-0.25, -0.2) is 9.18 Å². The second kappa shape index (κ2) is 12.0. The molecular formula is C28H31FN6O5. The summed E-state index contributed by atoms with van der Waals surface area (Å²) in [5.41, 5.74) is 1.52. The molecular weight excluding hydrogens is 519 g/mol. The SMILES string of the molecule is COCCOc1cc2nccc(Oc3ccc(NC(=O)Nc4cc(C(C)(C)C)n[nH]4)c(F)c3)c2cc1NC(C)=O. The third-order valence-corrected chi connectivity index (χ3v) is 5.67. The number of urea groups is 1. The van der Waals surface area contributed by atoms with Crippen LogP contribution in [-0.4, -0.2) is 47.4 Å². The average Bonchev–Trinajstić information content (AvgIpc) is 3.35. The van der Waals surface area contributed by atoms with Crippen LogP contribution in [0.15, 0.2) is 48.7 Å². The van der Waals surface area contributed by atoms with Crippen LogP contribution in [0.1, 0.15) is 33.4 Å². The van der Waals surface area contributed by atoms with Crippen molar-refractivity contribution in [3.05, 3.63) is 60.2 Å². The zero-order chi connectivity index (χ0) is 28.9. The molecule has 0 saturated heterocycles. The Balaban J connectivity index is 1.51. The van der Waals surface area contributed by atoms with Crippen LogP contribution in [0, 0.1) is 5.82 Å². The van der Waals surface area contributed by atoms with Gasteiger partial charge in [-0.1, -0.05) is 20.8 Å². The first kappa shape index (κ1) is 28.3. The second-order valence-electron chi connectivity index (χ2n) is 9.94. The van der Waals surface area contributed by atoms with Gasteiger partial charge in [0.25, 0.3) is 0 Å². The summed E-state index contributed by atoms with van der Waals surface area (Å²) in [6, 6.07) is 10.1. The van der Waals surface area contributed by atoms with E-state index in [1.807, 2.05) is 20.8 Å². The topological polar surface area (TPSA) is 139 Å². The number of rotatable bonds is 9. The Labute approximate surface area is 230 Å². The molecule has 40 heavy (non-hydrogen) atoms. The number of amides is 3. The van der Waals surface area contributed by atoms with Crippen LogP contribution in [0.5, 0.6) is 17.2 Å². The van der Waals surface area contributed by atoms with Gasteiger partial charge in [0.05, 0.1) is 29.2 Å². The van der Waals surface area contributed by atoms with Crippen molar-refractivity contribution in [2.75, 3.05) is 36.3 Å². The number of hydrogen-bond donors (Lipinski definition) is 4. The van der Waals surface area contributed by atoms with Crippen LogP contribution >= 0.6 is 0 Å². The zero-order valence-corrected chi connectivity index (χ0v) is 22.8. The van der Waals surface area contributed by atoms with Crippen LogP contribution in [0.3, 0.4) is 0 Å². The minimum absolute atomic E-state index is 0.0363. The molecule has 0 saturated carbocycles. The molecule has 2 aromatic carbocycles. The number of methoxy groups -OCH3 is 1. The number of benzene rings is 2. The summed E-state index contributed by atoms with van der Waals surface area (Å²) in [5, 5.41) is 15.3. The summed E-state index contributed by atoms with van der Waals surface area (Å²) >= 11 is 0. The largest absolute Gasteiger partial charge is 0.489 e. The molecule has 0 bridgehead atoms. The summed E-state index contributed by atoms with van der Waals surface area (Å²) in [7, 11) is 1.56. The van der Waals surface area contributed by atoms with Gasteiger partial charge in [-0.15, -0.1) is 0 Å². The summed E-state index contributed by atoms with van der Waals surface area (Å²) in [4.78, 5) is 28.6. The number of hydrogen-bond acceptors (Lipinski definition) is 7. The Morgan fingerprint density at radius 1 is 0.975 bits per heavy atom. The molecule has 4 N–H and O–H groups in total. The number of halogens is 1. The maximum absolute atomic E-state index is 14.9. The van der Waals surface area contributed by atoms with Gasteiger partial charge in [0.1, 0.15) is 35.5 Å². The van der Waals surface area contributed by atoms with Crippen molar-refractivity contribution in [3.63, 3.8) is 0 Å². The monoisotopic (exact) mass is 550 g/mol. The van der Waals surface area contributed by atoms with Crippen LogP contribution in [-0.2, 0) is 14.9 Å². The fraction of sp³-hybridized carbons (Fsp3) is 0.286. The minimum atomic E-state index is -0.696. The van der Waals surface area contributed by atoms with Crippen molar-refractivity contribution >= 4 is 40.0 Å². The Morgan fingerprint density at radius 3 is 2.45 bits per heavy atom. The van der Waals surface area contributed by atoms with E-state index in [1.54, 1.807) is 37.6 Å². The van der Waals surface area contributed by atoms with Gasteiger partial charge in [-0.05, 0) is 24.3 Å². The van der Waals surface area contributed by atoms with Gasteiger partial charge in [-0.2, -0.15) is 5.10 Å². The number of carbonyl (C=O) groups excluding carboxylic acids is 2. The Hall–Kier alpha value is -4.71. The lowest BCUT2D eigenvalue weighted by Gasteiger charge is -2.15. The van der Waals surface area contributed by atoms with Gasteiger partial charge in [0.2, 0.25) is 5.91 Å². The molecule has 2 aromatic heterocycles. The van der Waals surface area contributed by atoms with Gasteiger partial charge >= 0.3 is 6.03 Å². The van der Waals surface area contributed by atoms with Crippen molar-refractivity contribution in [1.82, 2.24) is 15.2 Å².